The molecule has 31 heavy (non-hydrogen) atoms. The molecule has 3 heterocycles. The molecule has 3 aliphatic heterocycles. The Balaban J connectivity index is 1.34. The molecule has 0 aromatic heterocycles. The van der Waals surface area contributed by atoms with Crippen LogP contribution in [0.25, 0.3) is 0 Å². The average molecular weight is 428 g/mol. The maximum absolute atomic E-state index is 12.8. The van der Waals surface area contributed by atoms with Crippen molar-refractivity contribution in [3.05, 3.63) is 29.8 Å². The van der Waals surface area contributed by atoms with Crippen LogP contribution in [0.2, 0.25) is 0 Å². The average Bonchev–Trinajstić information content (AvgIpc) is 3.50. The lowest BCUT2D eigenvalue weighted by Gasteiger charge is -2.26. The Morgan fingerprint density at radius 2 is 1.87 bits per heavy atom. The summed E-state index contributed by atoms with van der Waals surface area (Å²) in [6, 6.07) is 6.25. The number of carbonyl (C=O) groups is 4. The van der Waals surface area contributed by atoms with Crippen molar-refractivity contribution in [3.8, 4) is 0 Å². The third-order valence-electron chi connectivity index (χ3n) is 6.48. The van der Waals surface area contributed by atoms with Gasteiger partial charge in [0.05, 0.1) is 25.0 Å². The third-order valence-corrected chi connectivity index (χ3v) is 6.48. The van der Waals surface area contributed by atoms with Crippen LogP contribution >= 0.6 is 0 Å². The van der Waals surface area contributed by atoms with E-state index in [2.05, 4.69) is 10.6 Å². The molecule has 166 valence electrons. The van der Waals surface area contributed by atoms with E-state index in [9.17, 15) is 19.2 Å². The highest BCUT2D eigenvalue weighted by molar-refractivity contribution is 6.00. The second kappa shape index (κ2) is 8.66. The molecule has 1 unspecified atom stereocenters. The predicted molar refractivity (Wildman–Crippen MR) is 115 cm³/mol. The van der Waals surface area contributed by atoms with E-state index in [1.54, 1.807) is 17.0 Å². The third kappa shape index (κ3) is 4.14. The van der Waals surface area contributed by atoms with Crippen LogP contribution in [0.4, 0.5) is 5.69 Å². The highest BCUT2D eigenvalue weighted by Crippen LogP contribution is 2.31. The van der Waals surface area contributed by atoms with Gasteiger partial charge in [0, 0.05) is 38.4 Å². The number of benzene rings is 1. The monoisotopic (exact) mass is 427 g/mol. The molecule has 1 aromatic carbocycles. The molecule has 1 aromatic rings. The number of hydrogen-bond acceptors (Lipinski definition) is 6. The zero-order valence-corrected chi connectivity index (χ0v) is 18.0. The van der Waals surface area contributed by atoms with Crippen LogP contribution < -0.4 is 15.5 Å². The van der Waals surface area contributed by atoms with Gasteiger partial charge >= 0.3 is 0 Å². The van der Waals surface area contributed by atoms with Gasteiger partial charge in [0.25, 0.3) is 5.91 Å². The molecule has 4 rings (SSSR count). The summed E-state index contributed by atoms with van der Waals surface area (Å²) in [6.07, 6.45) is 1.37. The van der Waals surface area contributed by atoms with Gasteiger partial charge in [-0.05, 0) is 43.7 Å². The minimum absolute atomic E-state index is 0.00891. The van der Waals surface area contributed by atoms with Crippen molar-refractivity contribution in [1.82, 2.24) is 20.4 Å². The first-order chi connectivity index (χ1) is 14.9. The molecule has 9 nitrogen and oxygen atoms in total. The zero-order chi connectivity index (χ0) is 22.1. The molecule has 0 aliphatic carbocycles. The van der Waals surface area contributed by atoms with Crippen LogP contribution in [0.3, 0.4) is 0 Å². The van der Waals surface area contributed by atoms with Gasteiger partial charge in [0.15, 0.2) is 5.78 Å². The molecule has 0 saturated carbocycles. The highest BCUT2D eigenvalue weighted by Gasteiger charge is 2.52. The van der Waals surface area contributed by atoms with E-state index in [0.717, 1.165) is 18.7 Å². The number of fused-ring (bicyclic) bond motifs is 1. The van der Waals surface area contributed by atoms with Gasteiger partial charge in [-0.2, -0.15) is 0 Å². The van der Waals surface area contributed by atoms with Gasteiger partial charge in [-0.3, -0.25) is 19.2 Å². The summed E-state index contributed by atoms with van der Waals surface area (Å²) in [6.45, 7) is 1.77. The molecule has 3 aliphatic rings. The van der Waals surface area contributed by atoms with Crippen LogP contribution in [-0.4, -0.2) is 92.2 Å². The van der Waals surface area contributed by atoms with Crippen LogP contribution in [0.5, 0.6) is 0 Å². The Morgan fingerprint density at radius 1 is 1.13 bits per heavy atom. The summed E-state index contributed by atoms with van der Waals surface area (Å²) in [7, 11) is 3.83. The molecule has 0 radical (unpaired) electrons. The Hall–Kier alpha value is -2.94. The van der Waals surface area contributed by atoms with Crippen molar-refractivity contribution in [2.75, 3.05) is 51.7 Å². The maximum atomic E-state index is 12.8. The summed E-state index contributed by atoms with van der Waals surface area (Å²) in [5, 5.41) is 5.84. The molecule has 0 spiro atoms. The SMILES string of the molecule is CN(C)c1ccc(C(=O)NCC(=O)N2CC[C@@H]3[C@H]2C(=O)CN3C(=O)C2CCNC2)cc1. The normalized spacial score (nSPS) is 25.0. The van der Waals surface area contributed by atoms with Crippen molar-refractivity contribution in [1.29, 1.82) is 0 Å². The van der Waals surface area contributed by atoms with Crippen LogP contribution in [0, 0.1) is 5.92 Å². The number of hydrogen-bond donors (Lipinski definition) is 2. The smallest absolute Gasteiger partial charge is 0.251 e. The fourth-order valence-corrected chi connectivity index (χ4v) is 4.76. The first-order valence-electron chi connectivity index (χ1n) is 10.8. The number of anilines is 1. The van der Waals surface area contributed by atoms with Crippen LogP contribution in [0.15, 0.2) is 24.3 Å². The number of carbonyl (C=O) groups excluding carboxylic acids is 4. The van der Waals surface area contributed by atoms with E-state index < -0.39 is 6.04 Å². The summed E-state index contributed by atoms with van der Waals surface area (Å²) >= 11 is 0. The molecular weight excluding hydrogens is 398 g/mol. The minimum Gasteiger partial charge on any atom is -0.378 e. The number of ketones is 1. The van der Waals surface area contributed by atoms with Crippen molar-refractivity contribution < 1.29 is 19.2 Å². The van der Waals surface area contributed by atoms with Gasteiger partial charge in [-0.1, -0.05) is 0 Å². The Morgan fingerprint density at radius 3 is 2.52 bits per heavy atom. The number of Topliss-reactive ketones (excluding diaryl/α,β-unsaturated/α-hetero) is 1. The number of rotatable bonds is 5. The van der Waals surface area contributed by atoms with Crippen molar-refractivity contribution >= 4 is 29.2 Å². The largest absolute Gasteiger partial charge is 0.378 e. The van der Waals surface area contributed by atoms with E-state index >= 15 is 0 Å². The summed E-state index contributed by atoms with van der Waals surface area (Å²) < 4.78 is 0. The van der Waals surface area contributed by atoms with Gasteiger partial charge < -0.3 is 25.3 Å². The van der Waals surface area contributed by atoms with Gasteiger partial charge in [0.2, 0.25) is 11.8 Å². The topological polar surface area (TPSA) is 102 Å². The molecule has 3 saturated heterocycles. The lowest BCUT2D eigenvalue weighted by molar-refractivity contribution is -0.136. The number of likely N-dealkylation sites (tertiary alicyclic amines) is 2. The number of amides is 3. The van der Waals surface area contributed by atoms with E-state index in [0.29, 0.717) is 25.1 Å². The minimum atomic E-state index is -0.595. The first kappa shape index (κ1) is 21.3. The fraction of sp³-hybridized carbons (Fsp3) is 0.545. The second-order valence-corrected chi connectivity index (χ2v) is 8.63. The lowest BCUT2D eigenvalue weighted by atomic mass is 10.1. The summed E-state index contributed by atoms with van der Waals surface area (Å²) in [4.78, 5) is 55.8. The van der Waals surface area contributed by atoms with E-state index in [1.807, 2.05) is 31.1 Å². The standard InChI is InChI=1S/C22H29N5O4/c1-25(2)16-5-3-14(4-6-16)21(30)24-12-19(29)26-10-8-17-20(26)18(28)13-27(17)22(31)15-7-9-23-11-15/h3-6,15,17,20,23H,7-13H2,1-2H3,(H,24,30)/t15?,17-,20+/m1/s1. The van der Waals surface area contributed by atoms with Gasteiger partial charge in [0.1, 0.15) is 6.04 Å². The number of nitrogens with one attached hydrogen (secondary N) is 2. The maximum Gasteiger partial charge on any atom is 0.251 e. The molecule has 9 heteroatoms. The molecule has 2 N–H and O–H groups in total. The van der Waals surface area contributed by atoms with Crippen LogP contribution in [-0.2, 0) is 14.4 Å². The Kier molecular flexibility index (Phi) is 5.95. The van der Waals surface area contributed by atoms with Gasteiger partial charge in [-0.25, -0.2) is 0 Å². The molecule has 0 bridgehead atoms. The van der Waals surface area contributed by atoms with Crippen molar-refractivity contribution in [2.24, 2.45) is 5.92 Å². The zero-order valence-electron chi connectivity index (χ0n) is 18.0. The highest BCUT2D eigenvalue weighted by atomic mass is 16.2. The quantitative estimate of drug-likeness (QED) is 0.655. The Bertz CT molecular complexity index is 878. The lowest BCUT2D eigenvalue weighted by Crippen LogP contribution is -2.47. The van der Waals surface area contributed by atoms with E-state index in [4.69, 9.17) is 0 Å². The predicted octanol–water partition coefficient (Wildman–Crippen LogP) is -0.527. The Labute approximate surface area is 181 Å². The first-order valence-corrected chi connectivity index (χ1v) is 10.8. The summed E-state index contributed by atoms with van der Waals surface area (Å²) in [5.41, 5.74) is 1.44. The van der Waals surface area contributed by atoms with Crippen LogP contribution in [0.1, 0.15) is 23.2 Å². The van der Waals surface area contributed by atoms with Crippen molar-refractivity contribution in [3.63, 3.8) is 0 Å². The summed E-state index contributed by atoms with van der Waals surface area (Å²) in [5.74, 6) is -0.807. The van der Waals surface area contributed by atoms with Gasteiger partial charge in [-0.15, -0.1) is 0 Å². The fourth-order valence-electron chi connectivity index (χ4n) is 4.76. The van der Waals surface area contributed by atoms with E-state index in [-0.39, 0.29) is 48.6 Å². The second-order valence-electron chi connectivity index (χ2n) is 8.63. The number of nitrogens with zero attached hydrogens (tertiary/aromatic N) is 3. The molecule has 3 atom stereocenters. The van der Waals surface area contributed by atoms with Crippen molar-refractivity contribution in [2.45, 2.75) is 24.9 Å². The molecule has 3 fully saturated rings. The molecule has 3 amide bonds. The van der Waals surface area contributed by atoms with E-state index in [1.165, 1.54) is 4.90 Å². The molecular formula is C22H29N5O4.